The van der Waals surface area contributed by atoms with Crippen molar-refractivity contribution in [3.63, 3.8) is 0 Å². The van der Waals surface area contributed by atoms with E-state index in [9.17, 15) is 9.59 Å². The third kappa shape index (κ3) is 3.84. The largest absolute Gasteiger partial charge is 0.497 e. The molecule has 0 aromatic heterocycles. The maximum Gasteiger partial charge on any atom is 0.266 e. The molecule has 3 aromatic rings. The highest BCUT2D eigenvalue weighted by Gasteiger charge is 2.60. The van der Waals surface area contributed by atoms with E-state index >= 15 is 0 Å². The van der Waals surface area contributed by atoms with E-state index in [4.69, 9.17) is 30.6 Å². The number of ether oxygens (including phenoxy) is 3. The number of hydrogen-bond donors (Lipinski definition) is 0. The second kappa shape index (κ2) is 9.13. The highest BCUT2D eigenvalue weighted by Crippen LogP contribution is 2.50. The molecule has 35 heavy (non-hydrogen) atoms. The van der Waals surface area contributed by atoms with E-state index in [0.717, 1.165) is 0 Å². The predicted octanol–water partition coefficient (Wildman–Crippen LogP) is 4.42. The highest BCUT2D eigenvalue weighted by atomic mass is 35.5. The van der Waals surface area contributed by atoms with Gasteiger partial charge < -0.3 is 14.2 Å². The summed E-state index contributed by atoms with van der Waals surface area (Å²) >= 11 is 6.09. The minimum Gasteiger partial charge on any atom is -0.497 e. The average Bonchev–Trinajstić information content (AvgIpc) is 3.39. The van der Waals surface area contributed by atoms with Gasteiger partial charge in [0.1, 0.15) is 23.2 Å². The zero-order valence-corrected chi connectivity index (χ0v) is 20.1. The van der Waals surface area contributed by atoms with E-state index in [-0.39, 0.29) is 5.91 Å². The molecule has 0 saturated carbocycles. The van der Waals surface area contributed by atoms with Crippen molar-refractivity contribution >= 4 is 34.8 Å². The van der Waals surface area contributed by atoms with Gasteiger partial charge in [0.25, 0.3) is 5.91 Å². The van der Waals surface area contributed by atoms with Crippen LogP contribution in [0.3, 0.4) is 0 Å². The van der Waals surface area contributed by atoms with E-state index in [2.05, 4.69) is 0 Å². The Balaban J connectivity index is 1.61. The average molecular weight is 495 g/mol. The van der Waals surface area contributed by atoms with Crippen molar-refractivity contribution in [1.82, 2.24) is 0 Å². The van der Waals surface area contributed by atoms with Crippen LogP contribution in [-0.2, 0) is 14.4 Å². The molecule has 9 heteroatoms. The van der Waals surface area contributed by atoms with Crippen LogP contribution >= 0.6 is 11.6 Å². The number of benzene rings is 3. The number of nitrogens with zero attached hydrogens (tertiary/aromatic N) is 2. The summed E-state index contributed by atoms with van der Waals surface area (Å²) in [5, 5.41) is 2.15. The molecule has 0 aliphatic carbocycles. The van der Waals surface area contributed by atoms with Gasteiger partial charge in [-0.3, -0.25) is 14.4 Å². The number of amides is 2. The minimum absolute atomic E-state index is 0.368. The Hall–Kier alpha value is -3.75. The molecule has 2 fully saturated rings. The lowest BCUT2D eigenvalue weighted by Crippen LogP contribution is -2.37. The van der Waals surface area contributed by atoms with Crippen LogP contribution in [0, 0.1) is 5.92 Å². The van der Waals surface area contributed by atoms with Crippen molar-refractivity contribution < 1.29 is 28.6 Å². The summed E-state index contributed by atoms with van der Waals surface area (Å²) in [5.74, 6) is 0.0299. The van der Waals surface area contributed by atoms with E-state index < -0.39 is 24.0 Å². The number of hydrogen-bond acceptors (Lipinski definition) is 7. The quantitative estimate of drug-likeness (QED) is 0.469. The fraction of sp³-hybridized carbons (Fsp3) is 0.231. The Bertz CT molecular complexity index is 1280. The van der Waals surface area contributed by atoms with E-state index in [0.29, 0.717) is 39.2 Å². The summed E-state index contributed by atoms with van der Waals surface area (Å²) in [6, 6.07) is 18.5. The van der Waals surface area contributed by atoms with Crippen molar-refractivity contribution in [2.45, 2.75) is 12.1 Å². The van der Waals surface area contributed by atoms with Crippen LogP contribution in [0.1, 0.15) is 11.6 Å². The molecule has 2 amide bonds. The van der Waals surface area contributed by atoms with Crippen molar-refractivity contribution in [2.24, 2.45) is 5.92 Å². The molecule has 0 bridgehead atoms. The standard InChI is InChI=1S/C26H23ClN2O6/c1-32-18-6-4-5-17(13-18)28-25(30)22-23(20-12-11-19(33-2)14-21(20)34-3)29(35-24(22)26(28)31)16-9-7-15(27)8-10-16/h4-14,22-24H,1-3H3/t22-,23+,24-/m0/s1. The van der Waals surface area contributed by atoms with Gasteiger partial charge in [-0.05, 0) is 48.5 Å². The van der Waals surface area contributed by atoms with E-state index in [1.54, 1.807) is 79.9 Å². The molecule has 2 heterocycles. The molecule has 3 atom stereocenters. The van der Waals surface area contributed by atoms with Gasteiger partial charge in [-0.2, -0.15) is 0 Å². The fourth-order valence-corrected chi connectivity index (χ4v) is 4.74. The van der Waals surface area contributed by atoms with Crippen LogP contribution in [0.5, 0.6) is 17.2 Å². The Morgan fingerprint density at radius 3 is 2.20 bits per heavy atom. The molecule has 2 aliphatic heterocycles. The van der Waals surface area contributed by atoms with Crippen molar-refractivity contribution in [2.75, 3.05) is 31.3 Å². The van der Waals surface area contributed by atoms with Gasteiger partial charge in [0.15, 0.2) is 6.10 Å². The number of halogens is 1. The van der Waals surface area contributed by atoms with Gasteiger partial charge in [-0.1, -0.05) is 17.7 Å². The van der Waals surface area contributed by atoms with Gasteiger partial charge in [-0.15, -0.1) is 0 Å². The number of methoxy groups -OCH3 is 3. The zero-order chi connectivity index (χ0) is 24.7. The monoisotopic (exact) mass is 494 g/mol. The van der Waals surface area contributed by atoms with Crippen molar-refractivity contribution in [1.29, 1.82) is 0 Å². The molecule has 0 radical (unpaired) electrons. The van der Waals surface area contributed by atoms with Crippen molar-refractivity contribution in [3.8, 4) is 17.2 Å². The van der Waals surface area contributed by atoms with Gasteiger partial charge in [0, 0.05) is 22.7 Å². The summed E-state index contributed by atoms with van der Waals surface area (Å²) in [5.41, 5.74) is 1.76. The zero-order valence-electron chi connectivity index (χ0n) is 19.3. The smallest absolute Gasteiger partial charge is 0.266 e. The highest BCUT2D eigenvalue weighted by molar-refractivity contribution is 6.30. The number of fused-ring (bicyclic) bond motifs is 1. The molecule has 5 rings (SSSR count). The Labute approximate surface area is 207 Å². The summed E-state index contributed by atoms with van der Waals surface area (Å²) < 4.78 is 16.3. The first kappa shape index (κ1) is 23.0. The first-order chi connectivity index (χ1) is 17.0. The summed E-state index contributed by atoms with van der Waals surface area (Å²) in [4.78, 5) is 34.7. The molecular weight excluding hydrogens is 472 g/mol. The van der Waals surface area contributed by atoms with Crippen molar-refractivity contribution in [3.05, 3.63) is 77.3 Å². The number of imide groups is 1. The third-order valence-electron chi connectivity index (χ3n) is 6.27. The minimum atomic E-state index is -1.01. The number of carbonyl (C=O) groups excluding carboxylic acids is 2. The Kier molecular flexibility index (Phi) is 6.00. The molecule has 0 unspecified atom stereocenters. The maximum absolute atomic E-state index is 13.8. The first-order valence-corrected chi connectivity index (χ1v) is 11.3. The normalized spacial score (nSPS) is 21.3. The maximum atomic E-state index is 13.8. The molecule has 2 saturated heterocycles. The Morgan fingerprint density at radius 2 is 1.51 bits per heavy atom. The molecule has 0 spiro atoms. The lowest BCUT2D eigenvalue weighted by Gasteiger charge is -2.29. The third-order valence-corrected chi connectivity index (χ3v) is 6.52. The second-order valence-electron chi connectivity index (χ2n) is 8.12. The molecule has 3 aromatic carbocycles. The molecule has 8 nitrogen and oxygen atoms in total. The Morgan fingerprint density at radius 1 is 0.800 bits per heavy atom. The second-order valence-corrected chi connectivity index (χ2v) is 8.56. The fourth-order valence-electron chi connectivity index (χ4n) is 4.61. The molecular formula is C26H23ClN2O6. The number of hydroxylamine groups is 1. The van der Waals surface area contributed by atoms with Gasteiger partial charge in [0.05, 0.1) is 38.7 Å². The molecule has 2 aliphatic rings. The summed E-state index contributed by atoms with van der Waals surface area (Å²) in [7, 11) is 4.64. The number of anilines is 2. The lowest BCUT2D eigenvalue weighted by molar-refractivity contribution is -0.126. The predicted molar refractivity (Wildman–Crippen MR) is 130 cm³/mol. The van der Waals surface area contributed by atoms with Crippen LogP contribution in [0.15, 0.2) is 66.7 Å². The topological polar surface area (TPSA) is 77.5 Å². The van der Waals surface area contributed by atoms with Crippen LogP contribution in [0.25, 0.3) is 0 Å². The van der Waals surface area contributed by atoms with Crippen LogP contribution < -0.4 is 24.2 Å². The van der Waals surface area contributed by atoms with Gasteiger partial charge in [-0.25, -0.2) is 9.96 Å². The van der Waals surface area contributed by atoms with Gasteiger partial charge in [0.2, 0.25) is 5.91 Å². The van der Waals surface area contributed by atoms with Gasteiger partial charge >= 0.3 is 0 Å². The molecule has 180 valence electrons. The number of rotatable bonds is 6. The lowest BCUT2D eigenvalue weighted by atomic mass is 9.90. The first-order valence-electron chi connectivity index (χ1n) is 10.9. The van der Waals surface area contributed by atoms with Crippen LogP contribution in [0.4, 0.5) is 11.4 Å². The molecule has 0 N–H and O–H groups in total. The van der Waals surface area contributed by atoms with E-state index in [1.165, 1.54) is 12.0 Å². The van der Waals surface area contributed by atoms with Crippen LogP contribution in [-0.4, -0.2) is 39.2 Å². The number of carbonyl (C=O) groups is 2. The van der Waals surface area contributed by atoms with Crippen LogP contribution in [0.2, 0.25) is 5.02 Å². The van der Waals surface area contributed by atoms with E-state index in [1.807, 2.05) is 6.07 Å². The summed E-state index contributed by atoms with van der Waals surface area (Å²) in [6.07, 6.45) is -1.01. The SMILES string of the molecule is COc1cccc(N2C(=O)[C@@H]3[C@H](ON(c4ccc(Cl)cc4)[C@@H]3c3ccc(OC)cc3OC)C2=O)c1. The summed E-state index contributed by atoms with van der Waals surface area (Å²) in [6.45, 7) is 0.